The maximum Gasteiger partial charge on any atom is 0.210 e. The SMILES string of the molecule is O=C(COc1ccc(OCc2ccccc2)cc1)c1cccs1. The Morgan fingerprint density at radius 3 is 2.17 bits per heavy atom. The lowest BCUT2D eigenvalue weighted by molar-refractivity contribution is 0.0925. The number of ether oxygens (including phenoxy) is 2. The minimum absolute atomic E-state index is 0.00981. The molecule has 0 aliphatic rings. The van der Waals surface area contributed by atoms with Gasteiger partial charge >= 0.3 is 0 Å². The summed E-state index contributed by atoms with van der Waals surface area (Å²) in [5.41, 5.74) is 1.12. The van der Waals surface area contributed by atoms with E-state index in [2.05, 4.69) is 0 Å². The topological polar surface area (TPSA) is 35.5 Å². The van der Waals surface area contributed by atoms with Crippen LogP contribution in [-0.4, -0.2) is 12.4 Å². The highest BCUT2D eigenvalue weighted by Gasteiger charge is 2.07. The smallest absolute Gasteiger partial charge is 0.210 e. The van der Waals surface area contributed by atoms with E-state index >= 15 is 0 Å². The van der Waals surface area contributed by atoms with Gasteiger partial charge < -0.3 is 9.47 Å². The normalized spacial score (nSPS) is 10.3. The lowest BCUT2D eigenvalue weighted by Gasteiger charge is -2.08. The molecule has 0 aliphatic heterocycles. The molecule has 0 bridgehead atoms. The average Bonchev–Trinajstić information content (AvgIpc) is 3.14. The van der Waals surface area contributed by atoms with Gasteiger partial charge in [0, 0.05) is 0 Å². The number of hydrogen-bond acceptors (Lipinski definition) is 4. The van der Waals surface area contributed by atoms with Crippen LogP contribution in [0.4, 0.5) is 0 Å². The second-order valence-corrected chi connectivity index (χ2v) is 5.88. The molecule has 0 saturated heterocycles. The van der Waals surface area contributed by atoms with E-state index in [4.69, 9.17) is 9.47 Å². The van der Waals surface area contributed by atoms with Crippen molar-refractivity contribution in [1.82, 2.24) is 0 Å². The Morgan fingerprint density at radius 2 is 1.52 bits per heavy atom. The maximum atomic E-state index is 11.9. The van der Waals surface area contributed by atoms with Crippen LogP contribution in [0.15, 0.2) is 72.1 Å². The third-order valence-electron chi connectivity index (χ3n) is 3.24. The van der Waals surface area contributed by atoms with E-state index in [0.29, 0.717) is 17.2 Å². The van der Waals surface area contributed by atoms with Crippen molar-refractivity contribution in [3.8, 4) is 11.5 Å². The van der Waals surface area contributed by atoms with Gasteiger partial charge in [-0.3, -0.25) is 4.79 Å². The van der Waals surface area contributed by atoms with Gasteiger partial charge in [-0.05, 0) is 41.3 Å². The molecule has 0 radical (unpaired) electrons. The first-order valence-corrected chi connectivity index (χ1v) is 8.15. The van der Waals surface area contributed by atoms with E-state index in [1.54, 1.807) is 6.07 Å². The molecule has 0 aliphatic carbocycles. The molecule has 3 rings (SSSR count). The van der Waals surface area contributed by atoms with Crippen LogP contribution in [0.2, 0.25) is 0 Å². The second-order valence-electron chi connectivity index (χ2n) is 4.93. The molecule has 0 atom stereocenters. The molecular formula is C19H16O3S. The number of hydrogen-bond donors (Lipinski definition) is 0. The van der Waals surface area contributed by atoms with Gasteiger partial charge in [-0.1, -0.05) is 36.4 Å². The summed E-state index contributed by atoms with van der Waals surface area (Å²) in [5.74, 6) is 1.41. The zero-order valence-corrected chi connectivity index (χ0v) is 13.3. The lowest BCUT2D eigenvalue weighted by Crippen LogP contribution is -2.09. The summed E-state index contributed by atoms with van der Waals surface area (Å²) in [5, 5.41) is 1.88. The van der Waals surface area contributed by atoms with Crippen molar-refractivity contribution in [2.24, 2.45) is 0 Å². The summed E-state index contributed by atoms with van der Waals surface area (Å²) in [4.78, 5) is 12.6. The lowest BCUT2D eigenvalue weighted by atomic mass is 10.2. The predicted octanol–water partition coefficient (Wildman–Crippen LogP) is 4.59. The summed E-state index contributed by atoms with van der Waals surface area (Å²) in [6, 6.07) is 21.0. The van der Waals surface area contributed by atoms with Crippen LogP contribution in [0.1, 0.15) is 15.2 Å². The number of ketones is 1. The quantitative estimate of drug-likeness (QED) is 0.596. The predicted molar refractivity (Wildman–Crippen MR) is 91.4 cm³/mol. The number of rotatable bonds is 7. The number of Topliss-reactive ketones (excluding diaryl/α,β-unsaturated/α-hetero) is 1. The number of carbonyl (C=O) groups is 1. The van der Waals surface area contributed by atoms with Crippen LogP contribution < -0.4 is 9.47 Å². The van der Waals surface area contributed by atoms with E-state index in [9.17, 15) is 4.79 Å². The molecule has 23 heavy (non-hydrogen) atoms. The molecule has 4 heteroatoms. The molecule has 2 aromatic carbocycles. The Bertz CT molecular complexity index is 734. The summed E-state index contributed by atoms with van der Waals surface area (Å²) in [6.07, 6.45) is 0. The molecule has 3 nitrogen and oxygen atoms in total. The minimum atomic E-state index is -0.00981. The second kappa shape index (κ2) is 7.61. The first-order valence-electron chi connectivity index (χ1n) is 7.27. The van der Waals surface area contributed by atoms with E-state index < -0.39 is 0 Å². The van der Waals surface area contributed by atoms with Crippen molar-refractivity contribution in [3.63, 3.8) is 0 Å². The van der Waals surface area contributed by atoms with Crippen molar-refractivity contribution < 1.29 is 14.3 Å². The largest absolute Gasteiger partial charge is 0.489 e. The fraction of sp³-hybridized carbons (Fsp3) is 0.105. The molecule has 0 saturated carbocycles. The van der Waals surface area contributed by atoms with Crippen molar-refractivity contribution in [3.05, 3.63) is 82.6 Å². The first kappa shape index (κ1) is 15.3. The molecule has 1 aromatic heterocycles. The zero-order chi connectivity index (χ0) is 15.9. The minimum Gasteiger partial charge on any atom is -0.489 e. The Labute approximate surface area is 139 Å². The van der Waals surface area contributed by atoms with Crippen LogP contribution in [0.3, 0.4) is 0 Å². The highest BCUT2D eigenvalue weighted by molar-refractivity contribution is 7.12. The van der Waals surface area contributed by atoms with Gasteiger partial charge in [-0.2, -0.15) is 0 Å². The molecule has 0 amide bonds. The van der Waals surface area contributed by atoms with Gasteiger partial charge in [0.15, 0.2) is 6.61 Å². The number of benzene rings is 2. The molecular weight excluding hydrogens is 308 g/mol. The van der Waals surface area contributed by atoms with Crippen LogP contribution in [-0.2, 0) is 6.61 Å². The van der Waals surface area contributed by atoms with E-state index in [1.807, 2.05) is 66.0 Å². The molecule has 0 spiro atoms. The Kier molecular flexibility index (Phi) is 5.06. The molecule has 1 heterocycles. The fourth-order valence-electron chi connectivity index (χ4n) is 2.03. The Balaban J connectivity index is 1.50. The van der Waals surface area contributed by atoms with E-state index in [0.717, 1.165) is 11.3 Å². The van der Waals surface area contributed by atoms with Gasteiger partial charge in [0.05, 0.1) is 4.88 Å². The van der Waals surface area contributed by atoms with Crippen molar-refractivity contribution in [1.29, 1.82) is 0 Å². The first-order chi connectivity index (χ1) is 11.3. The maximum absolute atomic E-state index is 11.9. The van der Waals surface area contributed by atoms with Crippen LogP contribution in [0, 0.1) is 0 Å². The van der Waals surface area contributed by atoms with Crippen molar-refractivity contribution in [2.75, 3.05) is 6.61 Å². The van der Waals surface area contributed by atoms with Gasteiger partial charge in [0.1, 0.15) is 18.1 Å². The van der Waals surface area contributed by atoms with Gasteiger partial charge in [-0.15, -0.1) is 11.3 Å². The third kappa shape index (κ3) is 4.44. The molecule has 0 unspecified atom stereocenters. The molecule has 116 valence electrons. The van der Waals surface area contributed by atoms with E-state index in [-0.39, 0.29) is 12.4 Å². The fourth-order valence-corrected chi connectivity index (χ4v) is 2.68. The Hall–Kier alpha value is -2.59. The summed E-state index contributed by atoms with van der Waals surface area (Å²) in [6.45, 7) is 0.572. The summed E-state index contributed by atoms with van der Waals surface area (Å²) >= 11 is 1.42. The summed E-state index contributed by atoms with van der Waals surface area (Å²) in [7, 11) is 0. The highest BCUT2D eigenvalue weighted by atomic mass is 32.1. The average molecular weight is 324 g/mol. The van der Waals surface area contributed by atoms with Gasteiger partial charge in [0.2, 0.25) is 5.78 Å². The van der Waals surface area contributed by atoms with E-state index in [1.165, 1.54) is 11.3 Å². The molecule has 0 fully saturated rings. The Morgan fingerprint density at radius 1 is 0.826 bits per heavy atom. The van der Waals surface area contributed by atoms with Gasteiger partial charge in [0.25, 0.3) is 0 Å². The van der Waals surface area contributed by atoms with Crippen molar-refractivity contribution in [2.45, 2.75) is 6.61 Å². The molecule has 3 aromatic rings. The standard InChI is InChI=1S/C19H16O3S/c20-18(19-7-4-12-23-19)14-22-17-10-8-16(9-11-17)21-13-15-5-2-1-3-6-15/h1-12H,13-14H2. The van der Waals surface area contributed by atoms with Gasteiger partial charge in [-0.25, -0.2) is 0 Å². The van der Waals surface area contributed by atoms with Crippen molar-refractivity contribution >= 4 is 17.1 Å². The monoisotopic (exact) mass is 324 g/mol. The molecule has 0 N–H and O–H groups in total. The highest BCUT2D eigenvalue weighted by Crippen LogP contribution is 2.19. The summed E-state index contributed by atoms with van der Waals surface area (Å²) < 4.78 is 11.2. The van der Waals surface area contributed by atoms with Crippen LogP contribution >= 0.6 is 11.3 Å². The number of carbonyl (C=O) groups excluding carboxylic acids is 1. The van der Waals surface area contributed by atoms with Crippen LogP contribution in [0.25, 0.3) is 0 Å². The third-order valence-corrected chi connectivity index (χ3v) is 4.15. The van der Waals surface area contributed by atoms with Crippen LogP contribution in [0.5, 0.6) is 11.5 Å². The zero-order valence-electron chi connectivity index (χ0n) is 12.5. The number of thiophene rings is 1.